The molecule has 0 aliphatic carbocycles. The van der Waals surface area contributed by atoms with E-state index in [9.17, 15) is 18.0 Å². The smallest absolute Gasteiger partial charge is 0.308 e. The monoisotopic (exact) mass is 438 g/mol. The number of hydrogen-bond donors (Lipinski definition) is 1. The lowest BCUT2D eigenvalue weighted by Gasteiger charge is -2.17. The molecule has 3 aromatic rings. The third kappa shape index (κ3) is 5.56. The van der Waals surface area contributed by atoms with Crippen molar-refractivity contribution < 1.29 is 22.7 Å². The Hall–Kier alpha value is -3.49. The highest BCUT2D eigenvalue weighted by Crippen LogP contribution is 2.22. The van der Waals surface area contributed by atoms with Gasteiger partial charge in [-0.25, -0.2) is 8.42 Å². The van der Waals surface area contributed by atoms with Gasteiger partial charge in [-0.2, -0.15) is 4.31 Å². The van der Waals surface area contributed by atoms with Gasteiger partial charge in [0.2, 0.25) is 10.0 Å². The molecule has 0 unspecified atom stereocenters. The third-order valence-corrected chi connectivity index (χ3v) is 6.27. The highest BCUT2D eigenvalue weighted by atomic mass is 32.2. The number of hydrogen-bond acceptors (Lipinski definition) is 5. The van der Waals surface area contributed by atoms with Crippen LogP contribution in [0, 0.1) is 0 Å². The number of sulfonamides is 1. The van der Waals surface area contributed by atoms with Gasteiger partial charge in [0.25, 0.3) is 5.91 Å². The minimum Gasteiger partial charge on any atom is -0.426 e. The van der Waals surface area contributed by atoms with Gasteiger partial charge in [0.15, 0.2) is 0 Å². The first-order chi connectivity index (χ1) is 14.8. The molecule has 7 nitrogen and oxygen atoms in total. The van der Waals surface area contributed by atoms with Gasteiger partial charge in [-0.15, -0.1) is 0 Å². The van der Waals surface area contributed by atoms with Crippen molar-refractivity contribution in [2.24, 2.45) is 0 Å². The summed E-state index contributed by atoms with van der Waals surface area (Å²) in [6.07, 6.45) is 0. The van der Waals surface area contributed by atoms with Gasteiger partial charge in [-0.3, -0.25) is 9.59 Å². The number of nitrogens with one attached hydrogen (secondary N) is 1. The fraction of sp³-hybridized carbons (Fsp3) is 0.130. The molecule has 0 heterocycles. The van der Waals surface area contributed by atoms with E-state index in [2.05, 4.69) is 5.32 Å². The zero-order chi connectivity index (χ0) is 22.4. The lowest BCUT2D eigenvalue weighted by molar-refractivity contribution is -0.131. The molecule has 1 N–H and O–H groups in total. The molecular weight excluding hydrogens is 416 g/mol. The standard InChI is InChI=1S/C23H22N2O5S/c1-17(26)30-22-11-7-6-10-21(22)23(27)24-19-12-14-20(15-13-19)31(28,29)25(2)16-18-8-4-3-5-9-18/h3-15H,16H2,1-2H3,(H,24,27). The van der Waals surface area contributed by atoms with Crippen molar-refractivity contribution in [1.29, 1.82) is 0 Å². The Morgan fingerprint density at radius 3 is 2.16 bits per heavy atom. The van der Waals surface area contributed by atoms with E-state index in [0.717, 1.165) is 5.56 Å². The number of rotatable bonds is 7. The van der Waals surface area contributed by atoms with Crippen molar-refractivity contribution in [2.45, 2.75) is 18.4 Å². The van der Waals surface area contributed by atoms with Crippen LogP contribution in [-0.4, -0.2) is 31.6 Å². The van der Waals surface area contributed by atoms with Crippen molar-refractivity contribution in [2.75, 3.05) is 12.4 Å². The van der Waals surface area contributed by atoms with Crippen LogP contribution in [0.5, 0.6) is 5.75 Å². The summed E-state index contributed by atoms with van der Waals surface area (Å²) >= 11 is 0. The normalized spacial score (nSPS) is 11.2. The van der Waals surface area contributed by atoms with Crippen molar-refractivity contribution >= 4 is 27.6 Å². The van der Waals surface area contributed by atoms with E-state index in [0.29, 0.717) is 5.69 Å². The van der Waals surface area contributed by atoms with Gasteiger partial charge in [-0.1, -0.05) is 42.5 Å². The number of ether oxygens (including phenoxy) is 1. The minimum atomic E-state index is -3.69. The Balaban J connectivity index is 1.73. The molecule has 8 heteroatoms. The van der Waals surface area contributed by atoms with Crippen LogP contribution in [0.3, 0.4) is 0 Å². The average molecular weight is 439 g/mol. The SMILES string of the molecule is CC(=O)Oc1ccccc1C(=O)Nc1ccc(S(=O)(=O)N(C)Cc2ccccc2)cc1. The van der Waals surface area contributed by atoms with Crippen molar-refractivity contribution in [3.63, 3.8) is 0 Å². The topological polar surface area (TPSA) is 92.8 Å². The largest absolute Gasteiger partial charge is 0.426 e. The Bertz CT molecular complexity index is 1180. The molecule has 0 saturated heterocycles. The Labute approximate surface area is 181 Å². The van der Waals surface area contributed by atoms with Crippen molar-refractivity contribution in [3.8, 4) is 5.75 Å². The molecule has 0 fully saturated rings. The zero-order valence-electron chi connectivity index (χ0n) is 17.1. The van der Waals surface area contributed by atoms with Crippen LogP contribution >= 0.6 is 0 Å². The van der Waals surface area contributed by atoms with Gasteiger partial charge >= 0.3 is 5.97 Å². The first kappa shape index (κ1) is 22.2. The van der Waals surface area contributed by atoms with Crippen LogP contribution in [0.2, 0.25) is 0 Å². The number of amides is 1. The summed E-state index contributed by atoms with van der Waals surface area (Å²) in [5.41, 5.74) is 1.48. The summed E-state index contributed by atoms with van der Waals surface area (Å²) in [5.74, 6) is -0.864. The molecule has 160 valence electrons. The van der Waals surface area contributed by atoms with E-state index in [1.165, 1.54) is 54.7 Å². The predicted molar refractivity (Wildman–Crippen MR) is 117 cm³/mol. The van der Waals surface area contributed by atoms with E-state index < -0.39 is 21.9 Å². The number of carbonyl (C=O) groups is 2. The van der Waals surface area contributed by atoms with Crippen LogP contribution in [0.4, 0.5) is 5.69 Å². The molecule has 0 radical (unpaired) electrons. The number of nitrogens with zero attached hydrogens (tertiary/aromatic N) is 1. The second kappa shape index (κ2) is 9.55. The summed E-state index contributed by atoms with van der Waals surface area (Å²) < 4.78 is 32.0. The molecule has 0 atom stereocenters. The van der Waals surface area contributed by atoms with Crippen LogP contribution in [0.1, 0.15) is 22.8 Å². The summed E-state index contributed by atoms with van der Waals surface area (Å²) in [6.45, 7) is 1.50. The molecule has 31 heavy (non-hydrogen) atoms. The zero-order valence-corrected chi connectivity index (χ0v) is 17.9. The lowest BCUT2D eigenvalue weighted by atomic mass is 10.2. The van der Waals surface area contributed by atoms with Crippen LogP contribution in [-0.2, 0) is 21.4 Å². The maximum atomic E-state index is 12.8. The van der Waals surface area contributed by atoms with Crippen molar-refractivity contribution in [1.82, 2.24) is 4.31 Å². The highest BCUT2D eigenvalue weighted by Gasteiger charge is 2.21. The molecule has 0 aliphatic rings. The number of para-hydroxylation sites is 1. The third-order valence-electron chi connectivity index (χ3n) is 4.45. The number of esters is 1. The Morgan fingerprint density at radius 2 is 1.52 bits per heavy atom. The molecular formula is C23H22N2O5S. The summed E-state index contributed by atoms with van der Waals surface area (Å²) in [4.78, 5) is 23.9. The van der Waals surface area contributed by atoms with Gasteiger partial charge in [0, 0.05) is 26.2 Å². The molecule has 0 aliphatic heterocycles. The number of carbonyl (C=O) groups excluding carboxylic acids is 2. The molecule has 1 amide bonds. The van der Waals surface area contributed by atoms with Gasteiger partial charge < -0.3 is 10.1 Å². The first-order valence-electron chi connectivity index (χ1n) is 9.46. The second-order valence-corrected chi connectivity index (χ2v) is 8.86. The quantitative estimate of drug-likeness (QED) is 0.449. The Morgan fingerprint density at radius 1 is 0.903 bits per heavy atom. The predicted octanol–water partition coefficient (Wildman–Crippen LogP) is 3.68. The molecule has 0 saturated carbocycles. The van der Waals surface area contributed by atoms with Crippen LogP contribution in [0.15, 0.2) is 83.8 Å². The fourth-order valence-corrected chi connectivity index (χ4v) is 4.07. The van der Waals surface area contributed by atoms with E-state index in [4.69, 9.17) is 4.74 Å². The van der Waals surface area contributed by atoms with Gasteiger partial charge in [0.05, 0.1) is 10.5 Å². The summed E-state index contributed by atoms with van der Waals surface area (Å²) in [7, 11) is -2.17. The summed E-state index contributed by atoms with van der Waals surface area (Å²) in [6, 6.07) is 21.5. The van der Waals surface area contributed by atoms with E-state index >= 15 is 0 Å². The van der Waals surface area contributed by atoms with Gasteiger partial charge in [0.1, 0.15) is 5.75 Å². The maximum Gasteiger partial charge on any atom is 0.308 e. The highest BCUT2D eigenvalue weighted by molar-refractivity contribution is 7.89. The molecule has 0 aromatic heterocycles. The molecule has 3 aromatic carbocycles. The molecule has 0 bridgehead atoms. The molecule has 0 spiro atoms. The second-order valence-electron chi connectivity index (χ2n) is 6.81. The first-order valence-corrected chi connectivity index (χ1v) is 10.9. The number of benzene rings is 3. The minimum absolute atomic E-state index is 0.115. The van der Waals surface area contributed by atoms with E-state index in [1.807, 2.05) is 30.3 Å². The van der Waals surface area contributed by atoms with E-state index in [-0.39, 0.29) is 22.8 Å². The maximum absolute atomic E-state index is 12.8. The average Bonchev–Trinajstić information content (AvgIpc) is 2.74. The van der Waals surface area contributed by atoms with Crippen LogP contribution < -0.4 is 10.1 Å². The van der Waals surface area contributed by atoms with E-state index in [1.54, 1.807) is 12.1 Å². The summed E-state index contributed by atoms with van der Waals surface area (Å²) in [5, 5.41) is 2.68. The molecule has 3 rings (SSSR count). The number of anilines is 1. The van der Waals surface area contributed by atoms with Gasteiger partial charge in [-0.05, 0) is 42.0 Å². The van der Waals surface area contributed by atoms with Crippen LogP contribution in [0.25, 0.3) is 0 Å². The fourth-order valence-electron chi connectivity index (χ4n) is 2.91. The van der Waals surface area contributed by atoms with Crippen molar-refractivity contribution in [3.05, 3.63) is 90.0 Å². The Kier molecular flexibility index (Phi) is 6.84. The lowest BCUT2D eigenvalue weighted by Crippen LogP contribution is -2.26.